The molecule has 112 valence electrons. The van der Waals surface area contributed by atoms with Crippen LogP contribution in [0.1, 0.15) is 59.3 Å². The molecule has 3 unspecified atom stereocenters. The Morgan fingerprint density at radius 3 is 2.58 bits per heavy atom. The highest BCUT2D eigenvalue weighted by molar-refractivity contribution is 4.91. The maximum absolute atomic E-state index is 3.66. The van der Waals surface area contributed by atoms with Gasteiger partial charge in [0.2, 0.25) is 0 Å². The van der Waals surface area contributed by atoms with E-state index in [0.717, 1.165) is 23.8 Å². The Morgan fingerprint density at radius 2 is 1.95 bits per heavy atom. The maximum atomic E-state index is 3.66. The van der Waals surface area contributed by atoms with Crippen LogP contribution in [0, 0.1) is 17.8 Å². The molecule has 1 heterocycles. The maximum Gasteiger partial charge on any atom is 0.0136 e. The Kier molecular flexibility index (Phi) is 6.15. The lowest BCUT2D eigenvalue weighted by atomic mass is 9.78. The Bertz CT molecular complexity index is 252. The molecular formula is C17H34N2. The summed E-state index contributed by atoms with van der Waals surface area (Å²) in [7, 11) is 0. The molecule has 19 heavy (non-hydrogen) atoms. The van der Waals surface area contributed by atoms with Crippen LogP contribution in [-0.2, 0) is 0 Å². The van der Waals surface area contributed by atoms with Crippen molar-refractivity contribution in [3.05, 3.63) is 0 Å². The largest absolute Gasteiger partial charge is 0.316 e. The molecule has 3 atom stereocenters. The van der Waals surface area contributed by atoms with Crippen LogP contribution in [0.15, 0.2) is 0 Å². The molecule has 0 aromatic carbocycles. The first-order valence-electron chi connectivity index (χ1n) is 8.65. The summed E-state index contributed by atoms with van der Waals surface area (Å²) in [6.07, 6.45) is 8.63. The summed E-state index contributed by atoms with van der Waals surface area (Å²) in [5.74, 6) is 2.71. The molecular weight excluding hydrogens is 232 g/mol. The van der Waals surface area contributed by atoms with Gasteiger partial charge in [-0.05, 0) is 76.0 Å². The summed E-state index contributed by atoms with van der Waals surface area (Å²) >= 11 is 0. The van der Waals surface area contributed by atoms with Gasteiger partial charge in [0.15, 0.2) is 0 Å². The van der Waals surface area contributed by atoms with Crippen LogP contribution in [0.25, 0.3) is 0 Å². The molecule has 0 aromatic rings. The van der Waals surface area contributed by atoms with Crippen LogP contribution < -0.4 is 5.32 Å². The number of likely N-dealkylation sites (tertiary alicyclic amines) is 1. The van der Waals surface area contributed by atoms with E-state index in [1.165, 1.54) is 64.7 Å². The van der Waals surface area contributed by atoms with E-state index in [4.69, 9.17) is 0 Å². The van der Waals surface area contributed by atoms with Crippen LogP contribution in [0.2, 0.25) is 0 Å². The van der Waals surface area contributed by atoms with E-state index >= 15 is 0 Å². The second kappa shape index (κ2) is 7.64. The van der Waals surface area contributed by atoms with Crippen molar-refractivity contribution in [3.8, 4) is 0 Å². The molecule has 2 rings (SSSR count). The molecule has 2 heteroatoms. The molecule has 2 fully saturated rings. The molecule has 1 aliphatic heterocycles. The highest BCUT2D eigenvalue weighted by Gasteiger charge is 2.35. The third-order valence-corrected chi connectivity index (χ3v) is 5.27. The molecule has 1 saturated carbocycles. The molecule has 0 aromatic heterocycles. The highest BCUT2D eigenvalue weighted by atomic mass is 15.2. The van der Waals surface area contributed by atoms with Crippen molar-refractivity contribution in [3.63, 3.8) is 0 Å². The summed E-state index contributed by atoms with van der Waals surface area (Å²) in [5.41, 5.74) is 0. The van der Waals surface area contributed by atoms with Crippen molar-refractivity contribution in [1.29, 1.82) is 0 Å². The first-order chi connectivity index (χ1) is 9.20. The first-order valence-corrected chi connectivity index (χ1v) is 8.65. The number of rotatable bonds is 6. The van der Waals surface area contributed by atoms with E-state index in [0.29, 0.717) is 0 Å². The lowest BCUT2D eigenvalue weighted by Crippen LogP contribution is -2.51. The van der Waals surface area contributed by atoms with Crippen molar-refractivity contribution >= 4 is 0 Å². The molecule has 2 nitrogen and oxygen atoms in total. The van der Waals surface area contributed by atoms with Crippen molar-refractivity contribution in [1.82, 2.24) is 10.2 Å². The zero-order chi connectivity index (χ0) is 13.7. The van der Waals surface area contributed by atoms with Crippen LogP contribution in [0.5, 0.6) is 0 Å². The zero-order valence-corrected chi connectivity index (χ0v) is 13.3. The standard InChI is InChI=1S/C17H34N2/c1-4-15-6-5-10-19(11-9-15)17-8-7-16(17)13-18-12-14(2)3/h14-18H,4-13H2,1-3H3. The van der Waals surface area contributed by atoms with Gasteiger partial charge in [0.05, 0.1) is 0 Å². The molecule has 1 N–H and O–H groups in total. The van der Waals surface area contributed by atoms with Gasteiger partial charge in [0.25, 0.3) is 0 Å². The van der Waals surface area contributed by atoms with Gasteiger partial charge in [0.1, 0.15) is 0 Å². The number of hydrogen-bond acceptors (Lipinski definition) is 2. The van der Waals surface area contributed by atoms with Crippen molar-refractivity contribution in [2.24, 2.45) is 17.8 Å². The lowest BCUT2D eigenvalue weighted by molar-refractivity contribution is 0.0634. The SMILES string of the molecule is CCC1CCCN(C2CCC2CNCC(C)C)CC1. The van der Waals surface area contributed by atoms with E-state index in [9.17, 15) is 0 Å². The van der Waals surface area contributed by atoms with Crippen molar-refractivity contribution in [2.45, 2.75) is 65.3 Å². The minimum atomic E-state index is 0.780. The van der Waals surface area contributed by atoms with Crippen LogP contribution >= 0.6 is 0 Å². The van der Waals surface area contributed by atoms with Crippen LogP contribution in [0.3, 0.4) is 0 Å². The topological polar surface area (TPSA) is 15.3 Å². The summed E-state index contributed by atoms with van der Waals surface area (Å²) in [4.78, 5) is 2.82. The monoisotopic (exact) mass is 266 g/mol. The molecule has 0 amide bonds. The fourth-order valence-electron chi connectivity index (χ4n) is 3.76. The van der Waals surface area contributed by atoms with Gasteiger partial charge >= 0.3 is 0 Å². The van der Waals surface area contributed by atoms with Gasteiger partial charge in [-0.3, -0.25) is 0 Å². The summed E-state index contributed by atoms with van der Waals surface area (Å²) in [6, 6.07) is 0.898. The number of hydrogen-bond donors (Lipinski definition) is 1. The minimum absolute atomic E-state index is 0.780. The van der Waals surface area contributed by atoms with E-state index in [1.807, 2.05) is 0 Å². The van der Waals surface area contributed by atoms with Gasteiger partial charge in [0, 0.05) is 6.04 Å². The Balaban J connectivity index is 1.72. The molecule has 1 aliphatic carbocycles. The highest BCUT2D eigenvalue weighted by Crippen LogP contribution is 2.34. The molecule has 2 aliphatic rings. The molecule has 0 spiro atoms. The fraction of sp³-hybridized carbons (Fsp3) is 1.00. The first kappa shape index (κ1) is 15.3. The minimum Gasteiger partial charge on any atom is -0.316 e. The van der Waals surface area contributed by atoms with E-state index in [1.54, 1.807) is 0 Å². The van der Waals surface area contributed by atoms with Gasteiger partial charge in [-0.25, -0.2) is 0 Å². The Morgan fingerprint density at radius 1 is 1.11 bits per heavy atom. The van der Waals surface area contributed by atoms with Crippen molar-refractivity contribution < 1.29 is 0 Å². The Labute approximate surface area is 120 Å². The zero-order valence-electron chi connectivity index (χ0n) is 13.3. The van der Waals surface area contributed by atoms with Gasteiger partial charge in [-0.2, -0.15) is 0 Å². The fourth-order valence-corrected chi connectivity index (χ4v) is 3.76. The Hall–Kier alpha value is -0.0800. The second-order valence-electron chi connectivity index (χ2n) is 7.20. The predicted molar refractivity (Wildman–Crippen MR) is 83.4 cm³/mol. The quantitative estimate of drug-likeness (QED) is 0.791. The summed E-state index contributed by atoms with van der Waals surface area (Å²) in [5, 5.41) is 3.66. The third-order valence-electron chi connectivity index (χ3n) is 5.27. The molecule has 0 radical (unpaired) electrons. The normalized spacial score (nSPS) is 33.2. The smallest absolute Gasteiger partial charge is 0.0136 e. The number of nitrogens with zero attached hydrogens (tertiary/aromatic N) is 1. The van der Waals surface area contributed by atoms with Gasteiger partial charge in [-0.15, -0.1) is 0 Å². The summed E-state index contributed by atoms with van der Waals surface area (Å²) < 4.78 is 0. The van der Waals surface area contributed by atoms with Crippen LogP contribution in [-0.4, -0.2) is 37.1 Å². The van der Waals surface area contributed by atoms with Gasteiger partial charge < -0.3 is 10.2 Å². The van der Waals surface area contributed by atoms with Gasteiger partial charge in [-0.1, -0.05) is 27.2 Å². The molecule has 1 saturated heterocycles. The average Bonchev–Trinajstić information content (AvgIpc) is 2.58. The third kappa shape index (κ3) is 4.46. The number of nitrogens with one attached hydrogen (secondary N) is 1. The predicted octanol–water partition coefficient (Wildman–Crippen LogP) is 3.52. The summed E-state index contributed by atoms with van der Waals surface area (Å²) in [6.45, 7) is 12.1. The van der Waals surface area contributed by atoms with E-state index < -0.39 is 0 Å². The van der Waals surface area contributed by atoms with Crippen molar-refractivity contribution in [2.75, 3.05) is 26.2 Å². The molecule has 0 bridgehead atoms. The van der Waals surface area contributed by atoms with E-state index in [-0.39, 0.29) is 0 Å². The average molecular weight is 266 g/mol. The lowest BCUT2D eigenvalue weighted by Gasteiger charge is -2.44. The van der Waals surface area contributed by atoms with Crippen LogP contribution in [0.4, 0.5) is 0 Å². The second-order valence-corrected chi connectivity index (χ2v) is 7.20. The van der Waals surface area contributed by atoms with E-state index in [2.05, 4.69) is 31.0 Å².